The molecule has 3 rings (SSSR count). The second kappa shape index (κ2) is 9.97. The predicted octanol–water partition coefficient (Wildman–Crippen LogP) is 3.32. The van der Waals surface area contributed by atoms with Gasteiger partial charge in [0, 0.05) is 16.8 Å². The van der Waals surface area contributed by atoms with E-state index >= 15 is 0 Å². The number of carbonyl (C=O) groups excluding carboxylic acids is 2. The van der Waals surface area contributed by atoms with Crippen LogP contribution in [0.15, 0.2) is 64.3 Å². The highest BCUT2D eigenvalue weighted by Crippen LogP contribution is 2.38. The van der Waals surface area contributed by atoms with Crippen LogP contribution in [-0.4, -0.2) is 39.4 Å². The van der Waals surface area contributed by atoms with Crippen molar-refractivity contribution < 1.29 is 28.2 Å². The number of ether oxygens (including phenoxy) is 3. The second-order valence-electron chi connectivity index (χ2n) is 6.16. The Kier molecular flexibility index (Phi) is 6.89. The van der Waals surface area contributed by atoms with Crippen LogP contribution in [-0.2, 0) is 0 Å². The van der Waals surface area contributed by atoms with Crippen molar-refractivity contribution in [3.63, 3.8) is 0 Å². The summed E-state index contributed by atoms with van der Waals surface area (Å²) in [4.78, 5) is 24.8. The number of hydrazone groups is 1. The molecule has 3 aromatic rings. The van der Waals surface area contributed by atoms with E-state index in [9.17, 15) is 9.59 Å². The minimum atomic E-state index is -0.398. The van der Waals surface area contributed by atoms with Crippen molar-refractivity contribution in [3.8, 4) is 17.2 Å². The lowest BCUT2D eigenvalue weighted by Crippen LogP contribution is -2.17. The Labute approximate surface area is 178 Å². The molecule has 0 saturated carbocycles. The molecule has 0 bridgehead atoms. The molecule has 0 radical (unpaired) electrons. The summed E-state index contributed by atoms with van der Waals surface area (Å²) in [6.45, 7) is 0. The average Bonchev–Trinajstić information content (AvgIpc) is 3.31. The van der Waals surface area contributed by atoms with E-state index in [1.807, 2.05) is 0 Å². The van der Waals surface area contributed by atoms with Crippen LogP contribution in [0.2, 0.25) is 0 Å². The number of anilines is 1. The molecule has 0 saturated heterocycles. The number of nitrogens with one attached hydrogen (secondary N) is 2. The van der Waals surface area contributed by atoms with Crippen LogP contribution < -0.4 is 25.0 Å². The number of hydrogen-bond donors (Lipinski definition) is 2. The zero-order valence-electron chi connectivity index (χ0n) is 17.2. The van der Waals surface area contributed by atoms with E-state index in [0.717, 1.165) is 0 Å². The molecule has 31 heavy (non-hydrogen) atoms. The van der Waals surface area contributed by atoms with Crippen LogP contribution in [0.25, 0.3) is 0 Å². The van der Waals surface area contributed by atoms with Gasteiger partial charge in [0.05, 0.1) is 33.8 Å². The predicted molar refractivity (Wildman–Crippen MR) is 114 cm³/mol. The van der Waals surface area contributed by atoms with Crippen molar-refractivity contribution >= 4 is 23.7 Å². The molecule has 0 fully saturated rings. The number of rotatable bonds is 8. The molecule has 160 valence electrons. The highest BCUT2D eigenvalue weighted by atomic mass is 16.5. The van der Waals surface area contributed by atoms with Gasteiger partial charge in [0.25, 0.3) is 11.8 Å². The zero-order chi connectivity index (χ0) is 22.2. The number of carbonyl (C=O) groups is 2. The summed E-state index contributed by atoms with van der Waals surface area (Å²) in [5.41, 5.74) is 3.61. The Balaban J connectivity index is 1.66. The average molecular weight is 423 g/mol. The fourth-order valence-corrected chi connectivity index (χ4v) is 2.70. The van der Waals surface area contributed by atoms with Crippen LogP contribution in [0.5, 0.6) is 17.2 Å². The topological polar surface area (TPSA) is 111 Å². The van der Waals surface area contributed by atoms with Gasteiger partial charge in [0.1, 0.15) is 5.76 Å². The molecule has 1 heterocycles. The van der Waals surface area contributed by atoms with Crippen molar-refractivity contribution in [2.75, 3.05) is 26.6 Å². The summed E-state index contributed by atoms with van der Waals surface area (Å²) >= 11 is 0. The number of amides is 2. The first-order chi connectivity index (χ1) is 15.0. The van der Waals surface area contributed by atoms with Crippen molar-refractivity contribution in [1.82, 2.24) is 5.43 Å². The highest BCUT2D eigenvalue weighted by molar-refractivity contribution is 6.05. The molecular weight excluding hydrogens is 402 g/mol. The number of hydrogen-bond acceptors (Lipinski definition) is 7. The Morgan fingerprint density at radius 1 is 0.903 bits per heavy atom. The third kappa shape index (κ3) is 5.21. The van der Waals surface area contributed by atoms with Gasteiger partial charge >= 0.3 is 0 Å². The number of benzene rings is 2. The summed E-state index contributed by atoms with van der Waals surface area (Å²) in [5, 5.41) is 6.59. The number of furan rings is 1. The quantitative estimate of drug-likeness (QED) is 0.425. The van der Waals surface area contributed by atoms with E-state index in [4.69, 9.17) is 18.6 Å². The van der Waals surface area contributed by atoms with Gasteiger partial charge in [-0.3, -0.25) is 9.59 Å². The van der Waals surface area contributed by atoms with E-state index in [1.165, 1.54) is 33.8 Å². The summed E-state index contributed by atoms with van der Waals surface area (Å²) in [5.74, 6) is 0.879. The monoisotopic (exact) mass is 423 g/mol. The van der Waals surface area contributed by atoms with Crippen molar-refractivity contribution in [2.45, 2.75) is 0 Å². The van der Waals surface area contributed by atoms with Gasteiger partial charge < -0.3 is 23.9 Å². The maximum atomic E-state index is 12.7. The van der Waals surface area contributed by atoms with Crippen LogP contribution in [0.1, 0.15) is 26.5 Å². The lowest BCUT2D eigenvalue weighted by molar-refractivity contribution is 0.0954. The largest absolute Gasteiger partial charge is 0.493 e. The molecule has 0 aliphatic rings. The first-order valence-corrected chi connectivity index (χ1v) is 9.14. The first kappa shape index (κ1) is 21.4. The molecule has 0 unspecified atom stereocenters. The van der Waals surface area contributed by atoms with Crippen LogP contribution in [0, 0.1) is 0 Å². The van der Waals surface area contributed by atoms with Crippen molar-refractivity contribution in [3.05, 3.63) is 71.7 Å². The third-order valence-corrected chi connectivity index (χ3v) is 4.23. The summed E-state index contributed by atoms with van der Waals surface area (Å²) in [7, 11) is 4.43. The van der Waals surface area contributed by atoms with Gasteiger partial charge in [0.15, 0.2) is 11.5 Å². The van der Waals surface area contributed by atoms with E-state index in [2.05, 4.69) is 15.8 Å². The SMILES string of the molecule is COc1cc(C(=O)Nc2ccc(C(=O)N/N=C\c3ccco3)cc2)cc(OC)c1OC. The molecule has 0 aliphatic heterocycles. The molecule has 9 heteroatoms. The Morgan fingerprint density at radius 3 is 2.13 bits per heavy atom. The maximum Gasteiger partial charge on any atom is 0.271 e. The van der Waals surface area contributed by atoms with Crippen LogP contribution >= 0.6 is 0 Å². The molecule has 0 spiro atoms. The molecular formula is C22H21N3O6. The van der Waals surface area contributed by atoms with Gasteiger partial charge in [-0.25, -0.2) is 5.43 Å². The van der Waals surface area contributed by atoms with Gasteiger partial charge in [-0.1, -0.05) is 0 Å². The molecule has 1 aromatic heterocycles. The maximum absolute atomic E-state index is 12.7. The van der Waals surface area contributed by atoms with E-state index in [0.29, 0.717) is 39.8 Å². The first-order valence-electron chi connectivity index (χ1n) is 9.14. The van der Waals surface area contributed by atoms with Crippen LogP contribution in [0.4, 0.5) is 5.69 Å². The fraction of sp³-hybridized carbons (Fsp3) is 0.136. The lowest BCUT2D eigenvalue weighted by Gasteiger charge is -2.14. The number of methoxy groups -OCH3 is 3. The lowest BCUT2D eigenvalue weighted by atomic mass is 10.1. The molecule has 2 amide bonds. The Bertz CT molecular complexity index is 1050. The van der Waals surface area contributed by atoms with Crippen LogP contribution in [0.3, 0.4) is 0 Å². The normalized spacial score (nSPS) is 10.5. The highest BCUT2D eigenvalue weighted by Gasteiger charge is 2.17. The zero-order valence-corrected chi connectivity index (χ0v) is 17.2. The van der Waals surface area contributed by atoms with Crippen molar-refractivity contribution in [1.29, 1.82) is 0 Å². The van der Waals surface area contributed by atoms with Gasteiger partial charge in [-0.2, -0.15) is 5.10 Å². The van der Waals surface area contributed by atoms with E-state index in [1.54, 1.807) is 48.5 Å². The van der Waals surface area contributed by atoms with E-state index < -0.39 is 5.91 Å². The number of nitrogens with zero attached hydrogens (tertiary/aromatic N) is 1. The van der Waals surface area contributed by atoms with Gasteiger partial charge in [-0.15, -0.1) is 0 Å². The minimum absolute atomic E-state index is 0.323. The Hall–Kier alpha value is -4.27. The second-order valence-corrected chi connectivity index (χ2v) is 6.16. The van der Waals surface area contributed by atoms with Gasteiger partial charge in [-0.05, 0) is 48.5 Å². The molecule has 9 nitrogen and oxygen atoms in total. The van der Waals surface area contributed by atoms with Crippen molar-refractivity contribution in [2.24, 2.45) is 5.10 Å². The molecule has 0 atom stereocenters. The smallest absolute Gasteiger partial charge is 0.271 e. The molecule has 2 N–H and O–H groups in total. The Morgan fingerprint density at radius 2 is 1.58 bits per heavy atom. The summed E-state index contributed by atoms with van der Waals surface area (Å²) in [6.07, 6.45) is 2.90. The molecule has 2 aromatic carbocycles. The van der Waals surface area contributed by atoms with Gasteiger partial charge in [0.2, 0.25) is 5.75 Å². The molecule has 0 aliphatic carbocycles. The third-order valence-electron chi connectivity index (χ3n) is 4.23. The minimum Gasteiger partial charge on any atom is -0.493 e. The summed E-state index contributed by atoms with van der Waals surface area (Å²) in [6, 6.07) is 12.9. The standard InChI is InChI=1S/C22H21N3O6/c1-28-18-11-15(12-19(29-2)20(18)30-3)21(26)24-16-8-6-14(7-9-16)22(27)25-23-13-17-5-4-10-31-17/h4-13H,1-3H3,(H,24,26)(H,25,27)/b23-13-. The van der Waals surface area contributed by atoms with E-state index in [-0.39, 0.29) is 5.91 Å². The fourth-order valence-electron chi connectivity index (χ4n) is 2.70. The summed E-state index contributed by atoms with van der Waals surface area (Å²) < 4.78 is 20.9.